The summed E-state index contributed by atoms with van der Waals surface area (Å²) < 4.78 is 5.30. The van der Waals surface area contributed by atoms with Gasteiger partial charge < -0.3 is 15.0 Å². The molecule has 0 atom stereocenters. The maximum atomic E-state index is 12.6. The van der Waals surface area contributed by atoms with E-state index in [9.17, 15) is 14.9 Å². The molecule has 26 heavy (non-hydrogen) atoms. The van der Waals surface area contributed by atoms with E-state index in [0.717, 1.165) is 17.7 Å². The molecule has 3 rings (SSSR count). The molecule has 0 saturated carbocycles. The van der Waals surface area contributed by atoms with Crippen molar-refractivity contribution in [2.24, 2.45) is 0 Å². The molecule has 2 aromatic carbocycles. The van der Waals surface area contributed by atoms with Gasteiger partial charge in [0.1, 0.15) is 5.69 Å². The molecular weight excluding hydrogens is 334 g/mol. The Balaban J connectivity index is 1.87. The van der Waals surface area contributed by atoms with Crippen molar-refractivity contribution < 1.29 is 14.5 Å². The van der Waals surface area contributed by atoms with E-state index in [1.807, 2.05) is 36.1 Å². The molecule has 1 saturated heterocycles. The first-order valence-electron chi connectivity index (χ1n) is 8.60. The average Bonchev–Trinajstić information content (AvgIpc) is 2.68. The number of carbonyl (C=O) groups is 1. The van der Waals surface area contributed by atoms with E-state index in [1.165, 1.54) is 6.07 Å². The van der Waals surface area contributed by atoms with Crippen LogP contribution in [0.4, 0.5) is 17.1 Å². The predicted molar refractivity (Wildman–Crippen MR) is 99.9 cm³/mol. The highest BCUT2D eigenvalue weighted by molar-refractivity contribution is 6.05. The van der Waals surface area contributed by atoms with Crippen LogP contribution in [0.25, 0.3) is 0 Å². The molecule has 136 valence electrons. The molecule has 1 fully saturated rings. The molecule has 1 heterocycles. The lowest BCUT2D eigenvalue weighted by molar-refractivity contribution is -0.384. The molecule has 0 bridgehead atoms. The lowest BCUT2D eigenvalue weighted by atomic mass is 10.1. The van der Waals surface area contributed by atoms with Crippen LogP contribution in [0.3, 0.4) is 0 Å². The van der Waals surface area contributed by atoms with E-state index in [2.05, 4.69) is 5.32 Å². The standard InChI is InChI=1S/C19H21N3O4/c1-2-14-5-3-4-6-16(14)20-19(23)15-7-8-17(18(13-15)22(24)25)21-9-11-26-12-10-21/h3-8,13H,2,9-12H2,1H3,(H,20,23). The number of hydrogen-bond donors (Lipinski definition) is 1. The Hall–Kier alpha value is -2.93. The van der Waals surface area contributed by atoms with Crippen molar-refractivity contribution in [1.82, 2.24) is 0 Å². The van der Waals surface area contributed by atoms with Crippen LogP contribution < -0.4 is 10.2 Å². The third-order valence-corrected chi connectivity index (χ3v) is 4.43. The molecule has 0 aliphatic carbocycles. The van der Waals surface area contributed by atoms with Gasteiger partial charge in [-0.3, -0.25) is 14.9 Å². The van der Waals surface area contributed by atoms with Crippen LogP contribution in [0.1, 0.15) is 22.8 Å². The SMILES string of the molecule is CCc1ccccc1NC(=O)c1ccc(N2CCOCC2)c([N+](=O)[O-])c1. The minimum atomic E-state index is -0.443. The number of morpholine rings is 1. The van der Waals surface area contributed by atoms with Gasteiger partial charge in [0, 0.05) is 30.4 Å². The van der Waals surface area contributed by atoms with Crippen molar-refractivity contribution in [1.29, 1.82) is 0 Å². The second-order valence-corrected chi connectivity index (χ2v) is 6.02. The van der Waals surface area contributed by atoms with Crippen molar-refractivity contribution in [2.75, 3.05) is 36.5 Å². The molecule has 0 aromatic heterocycles. The lowest BCUT2D eigenvalue weighted by Gasteiger charge is -2.28. The summed E-state index contributed by atoms with van der Waals surface area (Å²) >= 11 is 0. The van der Waals surface area contributed by atoms with E-state index in [0.29, 0.717) is 32.0 Å². The number of amides is 1. The molecule has 0 spiro atoms. The van der Waals surface area contributed by atoms with Crippen LogP contribution in [-0.4, -0.2) is 37.1 Å². The Morgan fingerprint density at radius 3 is 2.65 bits per heavy atom. The normalized spacial score (nSPS) is 14.1. The summed E-state index contributed by atoms with van der Waals surface area (Å²) in [6.07, 6.45) is 0.784. The van der Waals surface area contributed by atoms with Crippen LogP contribution in [0, 0.1) is 10.1 Å². The Morgan fingerprint density at radius 2 is 1.96 bits per heavy atom. The lowest BCUT2D eigenvalue weighted by Crippen LogP contribution is -2.36. The minimum absolute atomic E-state index is 0.0664. The van der Waals surface area contributed by atoms with Crippen molar-refractivity contribution in [3.8, 4) is 0 Å². The largest absolute Gasteiger partial charge is 0.378 e. The molecule has 0 unspecified atom stereocenters. The molecular formula is C19H21N3O4. The van der Waals surface area contributed by atoms with Gasteiger partial charge in [0.25, 0.3) is 11.6 Å². The summed E-state index contributed by atoms with van der Waals surface area (Å²) in [6.45, 7) is 4.26. The van der Waals surface area contributed by atoms with Gasteiger partial charge in [0.2, 0.25) is 0 Å². The molecule has 1 amide bonds. The van der Waals surface area contributed by atoms with Gasteiger partial charge in [-0.25, -0.2) is 0 Å². The van der Waals surface area contributed by atoms with Gasteiger partial charge in [-0.2, -0.15) is 0 Å². The summed E-state index contributed by atoms with van der Waals surface area (Å²) in [6, 6.07) is 12.1. The number of ether oxygens (including phenoxy) is 1. The Kier molecular flexibility index (Phi) is 5.48. The fourth-order valence-electron chi connectivity index (χ4n) is 3.03. The first-order valence-corrected chi connectivity index (χ1v) is 8.60. The zero-order valence-corrected chi connectivity index (χ0v) is 14.6. The van der Waals surface area contributed by atoms with Crippen molar-refractivity contribution in [3.05, 3.63) is 63.7 Å². The first kappa shape index (κ1) is 17.9. The van der Waals surface area contributed by atoms with Gasteiger partial charge in [-0.05, 0) is 30.2 Å². The minimum Gasteiger partial charge on any atom is -0.378 e. The Bertz CT molecular complexity index is 816. The third-order valence-electron chi connectivity index (χ3n) is 4.43. The number of nitro benzene ring substituents is 1. The number of hydrogen-bond acceptors (Lipinski definition) is 5. The van der Waals surface area contributed by atoms with Crippen LogP contribution in [-0.2, 0) is 11.2 Å². The molecule has 1 aliphatic heterocycles. The van der Waals surface area contributed by atoms with E-state index in [1.54, 1.807) is 12.1 Å². The number of aryl methyl sites for hydroxylation is 1. The van der Waals surface area contributed by atoms with Gasteiger partial charge >= 0.3 is 0 Å². The number of nitrogens with zero attached hydrogens (tertiary/aromatic N) is 2. The highest BCUT2D eigenvalue weighted by Crippen LogP contribution is 2.30. The fraction of sp³-hybridized carbons (Fsp3) is 0.316. The Labute approximate surface area is 151 Å². The van der Waals surface area contributed by atoms with E-state index < -0.39 is 4.92 Å². The van der Waals surface area contributed by atoms with Crippen LogP contribution >= 0.6 is 0 Å². The fourth-order valence-corrected chi connectivity index (χ4v) is 3.03. The van der Waals surface area contributed by atoms with Crippen LogP contribution in [0.15, 0.2) is 42.5 Å². The first-order chi connectivity index (χ1) is 12.6. The third kappa shape index (κ3) is 3.83. The summed E-state index contributed by atoms with van der Waals surface area (Å²) in [5, 5.41) is 14.4. The summed E-state index contributed by atoms with van der Waals surface area (Å²) in [7, 11) is 0. The number of rotatable bonds is 5. The molecule has 2 aromatic rings. The molecule has 1 aliphatic rings. The van der Waals surface area contributed by atoms with Gasteiger partial charge in [0.05, 0.1) is 18.1 Å². The van der Waals surface area contributed by atoms with Crippen molar-refractivity contribution in [3.63, 3.8) is 0 Å². The number of para-hydroxylation sites is 1. The monoisotopic (exact) mass is 355 g/mol. The van der Waals surface area contributed by atoms with E-state index in [-0.39, 0.29) is 17.2 Å². The topological polar surface area (TPSA) is 84.7 Å². The second-order valence-electron chi connectivity index (χ2n) is 6.02. The summed E-state index contributed by atoms with van der Waals surface area (Å²) in [4.78, 5) is 25.6. The van der Waals surface area contributed by atoms with E-state index >= 15 is 0 Å². The van der Waals surface area contributed by atoms with Crippen molar-refractivity contribution in [2.45, 2.75) is 13.3 Å². The molecule has 0 radical (unpaired) electrons. The number of carbonyl (C=O) groups excluding carboxylic acids is 1. The summed E-state index contributed by atoms with van der Waals surface area (Å²) in [5.74, 6) is -0.359. The maximum absolute atomic E-state index is 12.6. The van der Waals surface area contributed by atoms with E-state index in [4.69, 9.17) is 4.74 Å². The number of benzene rings is 2. The molecule has 7 nitrogen and oxygen atoms in total. The van der Waals surface area contributed by atoms with Crippen LogP contribution in [0.5, 0.6) is 0 Å². The molecule has 7 heteroatoms. The average molecular weight is 355 g/mol. The Morgan fingerprint density at radius 1 is 1.23 bits per heavy atom. The molecule has 1 N–H and O–H groups in total. The highest BCUT2D eigenvalue weighted by Gasteiger charge is 2.23. The van der Waals surface area contributed by atoms with Crippen LogP contribution in [0.2, 0.25) is 0 Å². The number of nitrogens with one attached hydrogen (secondary N) is 1. The zero-order valence-electron chi connectivity index (χ0n) is 14.6. The maximum Gasteiger partial charge on any atom is 0.293 e. The van der Waals surface area contributed by atoms with Gasteiger partial charge in [0.15, 0.2) is 0 Å². The number of anilines is 2. The number of nitro groups is 1. The van der Waals surface area contributed by atoms with Gasteiger partial charge in [-0.1, -0.05) is 25.1 Å². The highest BCUT2D eigenvalue weighted by atomic mass is 16.6. The quantitative estimate of drug-likeness (QED) is 0.657. The zero-order chi connectivity index (χ0) is 18.5. The van der Waals surface area contributed by atoms with Gasteiger partial charge in [-0.15, -0.1) is 0 Å². The summed E-state index contributed by atoms with van der Waals surface area (Å²) in [5.41, 5.74) is 2.45. The predicted octanol–water partition coefficient (Wildman–Crippen LogP) is 3.25. The smallest absolute Gasteiger partial charge is 0.293 e. The second kappa shape index (κ2) is 7.97. The van der Waals surface area contributed by atoms with Crippen molar-refractivity contribution >= 4 is 23.0 Å².